The van der Waals surface area contributed by atoms with Gasteiger partial charge >= 0.3 is 5.97 Å². The van der Waals surface area contributed by atoms with Crippen molar-refractivity contribution in [2.45, 2.75) is 24.1 Å². The van der Waals surface area contributed by atoms with E-state index >= 15 is 0 Å². The van der Waals surface area contributed by atoms with Crippen LogP contribution in [0.2, 0.25) is 5.02 Å². The topological polar surface area (TPSA) is 59.5 Å². The van der Waals surface area contributed by atoms with E-state index in [4.69, 9.17) is 16.3 Å². The quantitative estimate of drug-likeness (QED) is 0.341. The summed E-state index contributed by atoms with van der Waals surface area (Å²) < 4.78 is 5.17. The maximum absolute atomic E-state index is 12.3. The SMILES string of the molecule is Cc1nc(CSc2ccc(C(=O)OCC(=O)N(C)Cc3cccc(Cl)c3)cc2)cs1. The zero-order valence-electron chi connectivity index (χ0n) is 16.6. The van der Waals surface area contributed by atoms with Crippen molar-refractivity contribution in [3.8, 4) is 0 Å². The molecule has 156 valence electrons. The van der Waals surface area contributed by atoms with Crippen molar-refractivity contribution in [1.29, 1.82) is 0 Å². The van der Waals surface area contributed by atoms with Crippen LogP contribution in [-0.2, 0) is 21.8 Å². The maximum atomic E-state index is 12.3. The number of carbonyl (C=O) groups excluding carboxylic acids is 2. The van der Waals surface area contributed by atoms with Gasteiger partial charge in [-0.1, -0.05) is 23.7 Å². The number of aryl methyl sites for hydroxylation is 1. The molecular formula is C22H21ClN2O3S2. The molecule has 0 atom stereocenters. The number of hydrogen-bond donors (Lipinski definition) is 0. The molecule has 0 aliphatic rings. The highest BCUT2D eigenvalue weighted by Crippen LogP contribution is 2.24. The van der Waals surface area contributed by atoms with E-state index in [1.807, 2.05) is 31.2 Å². The molecule has 0 aliphatic heterocycles. The van der Waals surface area contributed by atoms with Gasteiger partial charge in [0, 0.05) is 34.6 Å². The minimum absolute atomic E-state index is 0.283. The highest BCUT2D eigenvalue weighted by Gasteiger charge is 2.14. The average molecular weight is 461 g/mol. The molecule has 0 N–H and O–H groups in total. The molecule has 0 radical (unpaired) electrons. The Morgan fingerprint density at radius 1 is 1.20 bits per heavy atom. The van der Waals surface area contributed by atoms with E-state index in [-0.39, 0.29) is 12.5 Å². The summed E-state index contributed by atoms with van der Waals surface area (Å²) in [5.41, 5.74) is 2.37. The molecule has 3 rings (SSSR count). The van der Waals surface area contributed by atoms with Crippen LogP contribution in [0.4, 0.5) is 0 Å². The Hall–Kier alpha value is -2.35. The molecule has 0 unspecified atom stereocenters. The number of ether oxygens (including phenoxy) is 1. The number of thioether (sulfide) groups is 1. The maximum Gasteiger partial charge on any atom is 0.338 e. The lowest BCUT2D eigenvalue weighted by molar-refractivity contribution is -0.133. The van der Waals surface area contributed by atoms with Crippen LogP contribution >= 0.6 is 34.7 Å². The van der Waals surface area contributed by atoms with E-state index in [9.17, 15) is 9.59 Å². The van der Waals surface area contributed by atoms with Gasteiger partial charge in [0.25, 0.3) is 5.91 Å². The van der Waals surface area contributed by atoms with Crippen LogP contribution in [0, 0.1) is 6.92 Å². The summed E-state index contributed by atoms with van der Waals surface area (Å²) in [6.07, 6.45) is 0. The number of nitrogens with zero attached hydrogens (tertiary/aromatic N) is 2. The Labute approximate surface area is 189 Å². The average Bonchev–Trinajstić information content (AvgIpc) is 3.15. The van der Waals surface area contributed by atoms with E-state index in [0.717, 1.165) is 26.9 Å². The normalized spacial score (nSPS) is 10.6. The van der Waals surface area contributed by atoms with Gasteiger partial charge in [0.1, 0.15) is 0 Å². The van der Waals surface area contributed by atoms with Gasteiger partial charge in [-0.15, -0.1) is 23.1 Å². The summed E-state index contributed by atoms with van der Waals surface area (Å²) in [4.78, 5) is 31.5. The number of thiazole rings is 1. The molecule has 0 fully saturated rings. The van der Waals surface area contributed by atoms with Crippen LogP contribution in [0.3, 0.4) is 0 Å². The second-order valence-corrected chi connectivity index (χ2v) is 9.17. The van der Waals surface area contributed by atoms with Crippen molar-refractivity contribution in [3.63, 3.8) is 0 Å². The van der Waals surface area contributed by atoms with Crippen molar-refractivity contribution >= 4 is 46.6 Å². The molecule has 30 heavy (non-hydrogen) atoms. The first kappa shape index (κ1) is 22.3. The van der Waals surface area contributed by atoms with Crippen LogP contribution in [0.25, 0.3) is 0 Å². The number of amides is 1. The summed E-state index contributed by atoms with van der Waals surface area (Å²) in [5, 5.41) is 3.72. The molecule has 0 spiro atoms. The van der Waals surface area contributed by atoms with Gasteiger partial charge < -0.3 is 9.64 Å². The molecule has 2 aromatic carbocycles. The van der Waals surface area contributed by atoms with E-state index in [1.54, 1.807) is 54.4 Å². The number of likely N-dealkylation sites (N-methyl/N-ethyl adjacent to an activating group) is 1. The molecule has 1 amide bonds. The molecule has 8 heteroatoms. The van der Waals surface area contributed by atoms with Gasteiger partial charge in [0.2, 0.25) is 0 Å². The number of carbonyl (C=O) groups is 2. The van der Waals surface area contributed by atoms with Crippen molar-refractivity contribution in [2.75, 3.05) is 13.7 Å². The Kier molecular flexibility index (Phi) is 7.90. The molecule has 5 nitrogen and oxygen atoms in total. The van der Waals surface area contributed by atoms with Gasteiger partial charge in [-0.25, -0.2) is 9.78 Å². The standard InChI is InChI=1S/C22H21ClN2O3S2/c1-15-24-19(13-29-15)14-30-20-8-6-17(7-9-20)22(27)28-12-21(26)25(2)11-16-4-3-5-18(23)10-16/h3-10,13H,11-12,14H2,1-2H3. The molecule has 0 saturated carbocycles. The fourth-order valence-electron chi connectivity index (χ4n) is 2.64. The first-order chi connectivity index (χ1) is 14.4. The number of hydrogen-bond acceptors (Lipinski definition) is 6. The second-order valence-electron chi connectivity index (χ2n) is 6.63. The number of esters is 1. The number of benzene rings is 2. The van der Waals surface area contributed by atoms with Gasteiger partial charge in [-0.2, -0.15) is 0 Å². The largest absolute Gasteiger partial charge is 0.452 e. The Morgan fingerprint density at radius 2 is 1.97 bits per heavy atom. The second kappa shape index (κ2) is 10.6. The summed E-state index contributed by atoms with van der Waals surface area (Å²) in [7, 11) is 1.66. The van der Waals surface area contributed by atoms with E-state index in [1.165, 1.54) is 4.90 Å². The smallest absolute Gasteiger partial charge is 0.338 e. The Morgan fingerprint density at radius 3 is 2.63 bits per heavy atom. The van der Waals surface area contributed by atoms with Crippen LogP contribution in [0.5, 0.6) is 0 Å². The van der Waals surface area contributed by atoms with E-state index in [2.05, 4.69) is 10.4 Å². The number of halogens is 1. The van der Waals surface area contributed by atoms with Crippen LogP contribution in [-0.4, -0.2) is 35.4 Å². The van der Waals surface area contributed by atoms with Crippen LogP contribution in [0.1, 0.15) is 26.6 Å². The van der Waals surface area contributed by atoms with Gasteiger partial charge in [-0.3, -0.25) is 4.79 Å². The Bertz CT molecular complexity index is 1020. The molecule has 0 saturated heterocycles. The summed E-state index contributed by atoms with van der Waals surface area (Å²) in [6.45, 7) is 2.07. The van der Waals surface area contributed by atoms with Gasteiger partial charge in [0.15, 0.2) is 6.61 Å². The number of aromatic nitrogens is 1. The minimum atomic E-state index is -0.522. The highest BCUT2D eigenvalue weighted by atomic mass is 35.5. The summed E-state index contributed by atoms with van der Waals surface area (Å²) >= 11 is 9.25. The zero-order chi connectivity index (χ0) is 21.5. The zero-order valence-corrected chi connectivity index (χ0v) is 19.0. The van der Waals surface area contributed by atoms with Gasteiger partial charge in [-0.05, 0) is 48.9 Å². The van der Waals surface area contributed by atoms with Crippen molar-refractivity contribution < 1.29 is 14.3 Å². The highest BCUT2D eigenvalue weighted by molar-refractivity contribution is 7.98. The molecule has 1 heterocycles. The third-order valence-electron chi connectivity index (χ3n) is 4.20. The van der Waals surface area contributed by atoms with E-state index in [0.29, 0.717) is 17.1 Å². The van der Waals surface area contributed by atoms with Gasteiger partial charge in [0.05, 0.1) is 16.3 Å². The van der Waals surface area contributed by atoms with E-state index < -0.39 is 5.97 Å². The molecule has 0 aliphatic carbocycles. The summed E-state index contributed by atoms with van der Waals surface area (Å²) in [6, 6.07) is 14.4. The van der Waals surface area contributed by atoms with Crippen LogP contribution in [0.15, 0.2) is 58.8 Å². The van der Waals surface area contributed by atoms with Crippen molar-refractivity contribution in [1.82, 2.24) is 9.88 Å². The predicted molar refractivity (Wildman–Crippen MR) is 121 cm³/mol. The third-order valence-corrected chi connectivity index (χ3v) is 6.31. The predicted octanol–water partition coefficient (Wildman–Crippen LogP) is 5.21. The molecule has 0 bridgehead atoms. The number of rotatable bonds is 8. The van der Waals surface area contributed by atoms with Crippen molar-refractivity contribution in [2.24, 2.45) is 0 Å². The molecule has 3 aromatic rings. The lowest BCUT2D eigenvalue weighted by Gasteiger charge is -2.17. The fourth-order valence-corrected chi connectivity index (χ4v) is 4.36. The monoisotopic (exact) mass is 460 g/mol. The lowest BCUT2D eigenvalue weighted by Crippen LogP contribution is -2.30. The third kappa shape index (κ3) is 6.58. The first-order valence-corrected chi connectivity index (χ1v) is 11.4. The molecule has 1 aromatic heterocycles. The summed E-state index contributed by atoms with van der Waals surface area (Å²) in [5.74, 6) is -0.0260. The fraction of sp³-hybridized carbons (Fsp3) is 0.227. The molecular weight excluding hydrogens is 440 g/mol. The lowest BCUT2D eigenvalue weighted by atomic mass is 10.2. The Balaban J connectivity index is 1.46. The first-order valence-electron chi connectivity index (χ1n) is 9.20. The van der Waals surface area contributed by atoms with Crippen LogP contribution < -0.4 is 0 Å². The van der Waals surface area contributed by atoms with Crippen molar-refractivity contribution in [3.05, 3.63) is 80.8 Å². The minimum Gasteiger partial charge on any atom is -0.452 e.